The molecule has 1 N–H and O–H groups in total. The van der Waals surface area contributed by atoms with Crippen molar-refractivity contribution in [1.82, 2.24) is 9.97 Å². The summed E-state index contributed by atoms with van der Waals surface area (Å²) in [6, 6.07) is 3.71. The van der Waals surface area contributed by atoms with Gasteiger partial charge < -0.3 is 9.72 Å². The van der Waals surface area contributed by atoms with Gasteiger partial charge in [0, 0.05) is 17.0 Å². The number of ketones is 2. The minimum Gasteiger partial charge on any atom is -0.483 e. The molecule has 5 nitrogen and oxygen atoms in total. The Morgan fingerprint density at radius 3 is 2.46 bits per heavy atom. The van der Waals surface area contributed by atoms with Crippen molar-refractivity contribution in [2.24, 2.45) is 0 Å². The Balaban J connectivity index is 2.22. The monoisotopic (exact) mass is 328 g/mol. The number of Topliss-reactive ketones (excluding diaryl/α,β-unsaturated/α-hetero) is 2. The molecule has 0 saturated carbocycles. The predicted molar refractivity (Wildman–Crippen MR) is 93.1 cm³/mol. The summed E-state index contributed by atoms with van der Waals surface area (Å²) >= 11 is 0. The number of aromatic nitrogens is 2. The van der Waals surface area contributed by atoms with Crippen LogP contribution in [0, 0.1) is 13.8 Å². The Kier molecular flexibility index (Phi) is 5.54. The molecule has 0 aliphatic carbocycles. The van der Waals surface area contributed by atoms with Gasteiger partial charge in [0.15, 0.2) is 12.4 Å². The van der Waals surface area contributed by atoms with Gasteiger partial charge in [0.2, 0.25) is 5.78 Å². The average molecular weight is 328 g/mol. The molecular weight excluding hydrogens is 304 g/mol. The topological polar surface area (TPSA) is 72.0 Å². The van der Waals surface area contributed by atoms with Crippen LogP contribution in [0.5, 0.6) is 5.75 Å². The van der Waals surface area contributed by atoms with Gasteiger partial charge in [0.25, 0.3) is 0 Å². The van der Waals surface area contributed by atoms with Crippen molar-refractivity contribution in [2.45, 2.75) is 47.5 Å². The van der Waals surface area contributed by atoms with E-state index >= 15 is 0 Å². The third kappa shape index (κ3) is 3.55. The zero-order valence-electron chi connectivity index (χ0n) is 14.9. The highest BCUT2D eigenvalue weighted by Gasteiger charge is 2.22. The van der Waals surface area contributed by atoms with Crippen molar-refractivity contribution in [3.8, 4) is 5.75 Å². The number of ether oxygens (including phenoxy) is 1. The number of aryl methyl sites for hydroxylation is 3. The molecule has 2 rings (SSSR count). The van der Waals surface area contributed by atoms with Crippen molar-refractivity contribution >= 4 is 11.6 Å². The van der Waals surface area contributed by atoms with Crippen LogP contribution in [0.4, 0.5) is 0 Å². The number of aromatic amines is 1. The lowest BCUT2D eigenvalue weighted by Gasteiger charge is -2.10. The van der Waals surface area contributed by atoms with E-state index in [-0.39, 0.29) is 18.2 Å². The molecule has 2 heterocycles. The molecule has 24 heavy (non-hydrogen) atoms. The first-order chi connectivity index (χ1) is 11.4. The van der Waals surface area contributed by atoms with E-state index < -0.39 is 0 Å². The fourth-order valence-electron chi connectivity index (χ4n) is 2.94. The second kappa shape index (κ2) is 7.43. The van der Waals surface area contributed by atoms with Crippen LogP contribution < -0.4 is 4.74 Å². The molecule has 5 heteroatoms. The number of hydrogen-bond acceptors (Lipinski definition) is 4. The highest BCUT2D eigenvalue weighted by atomic mass is 16.5. The predicted octanol–water partition coefficient (Wildman–Crippen LogP) is 3.62. The van der Waals surface area contributed by atoms with Crippen LogP contribution in [0.1, 0.15) is 64.3 Å². The summed E-state index contributed by atoms with van der Waals surface area (Å²) in [5.41, 5.74) is 4.35. The van der Waals surface area contributed by atoms with Gasteiger partial charge in [0.05, 0.1) is 11.4 Å². The maximum absolute atomic E-state index is 12.6. The first-order valence-electron chi connectivity index (χ1n) is 8.23. The third-order valence-electron chi connectivity index (χ3n) is 4.04. The van der Waals surface area contributed by atoms with E-state index in [2.05, 4.69) is 9.97 Å². The highest BCUT2D eigenvalue weighted by Crippen LogP contribution is 2.22. The molecule has 0 aromatic carbocycles. The zero-order valence-corrected chi connectivity index (χ0v) is 14.9. The van der Waals surface area contributed by atoms with Crippen LogP contribution in [0.3, 0.4) is 0 Å². The molecule has 0 bridgehead atoms. The molecule has 0 spiro atoms. The van der Waals surface area contributed by atoms with E-state index in [1.165, 1.54) is 6.92 Å². The van der Waals surface area contributed by atoms with Crippen LogP contribution in [0.15, 0.2) is 12.1 Å². The Hall–Kier alpha value is -2.43. The normalized spacial score (nSPS) is 10.7. The van der Waals surface area contributed by atoms with Gasteiger partial charge in [-0.1, -0.05) is 13.8 Å². The molecule has 0 unspecified atom stereocenters. The number of carbonyl (C=O) groups excluding carboxylic acids is 2. The number of nitrogens with one attached hydrogen (secondary N) is 1. The summed E-state index contributed by atoms with van der Waals surface area (Å²) in [5, 5.41) is 0. The molecule has 0 fully saturated rings. The van der Waals surface area contributed by atoms with Crippen LogP contribution in [-0.2, 0) is 12.8 Å². The van der Waals surface area contributed by atoms with Gasteiger partial charge >= 0.3 is 0 Å². The molecule has 2 aromatic rings. The lowest BCUT2D eigenvalue weighted by Crippen LogP contribution is -2.15. The van der Waals surface area contributed by atoms with Gasteiger partial charge in [-0.2, -0.15) is 0 Å². The summed E-state index contributed by atoms with van der Waals surface area (Å²) in [6.07, 6.45) is 1.36. The third-order valence-corrected chi connectivity index (χ3v) is 4.04. The van der Waals surface area contributed by atoms with Crippen molar-refractivity contribution in [3.63, 3.8) is 0 Å². The zero-order chi connectivity index (χ0) is 17.9. The van der Waals surface area contributed by atoms with Gasteiger partial charge in [-0.25, -0.2) is 0 Å². The van der Waals surface area contributed by atoms with Crippen LogP contribution in [0.2, 0.25) is 0 Å². The molecule has 0 amide bonds. The molecule has 2 aromatic heterocycles. The van der Waals surface area contributed by atoms with Gasteiger partial charge in [-0.15, -0.1) is 0 Å². The van der Waals surface area contributed by atoms with Gasteiger partial charge in [0.1, 0.15) is 5.75 Å². The number of pyridine rings is 1. The molecule has 0 saturated heterocycles. The highest BCUT2D eigenvalue weighted by molar-refractivity contribution is 6.03. The SMILES string of the molecule is CCc1nc(C)ccc1OCC(=O)c1[nH]c(C)c(C(C)=O)c1CC. The smallest absolute Gasteiger partial charge is 0.216 e. The van der Waals surface area contributed by atoms with E-state index in [1.807, 2.05) is 39.8 Å². The van der Waals surface area contributed by atoms with E-state index in [4.69, 9.17) is 4.74 Å². The first kappa shape index (κ1) is 17.9. The quantitative estimate of drug-likeness (QED) is 0.788. The Morgan fingerprint density at radius 1 is 1.17 bits per heavy atom. The van der Waals surface area contributed by atoms with Crippen molar-refractivity contribution in [2.75, 3.05) is 6.61 Å². The largest absolute Gasteiger partial charge is 0.483 e. The molecule has 0 atom stereocenters. The summed E-state index contributed by atoms with van der Waals surface area (Å²) < 4.78 is 5.69. The van der Waals surface area contributed by atoms with Crippen molar-refractivity contribution in [1.29, 1.82) is 0 Å². The standard InChI is InChI=1S/C19H24N2O3/c1-6-14-18(13(5)22)12(4)21-19(14)16(23)10-24-17-9-8-11(3)20-15(17)7-2/h8-9,21H,6-7,10H2,1-5H3. The minimum absolute atomic E-state index is 0.0310. The van der Waals surface area contributed by atoms with E-state index in [9.17, 15) is 9.59 Å². The summed E-state index contributed by atoms with van der Waals surface area (Å²) in [5.74, 6) is 0.436. The van der Waals surface area contributed by atoms with Crippen LogP contribution in [0.25, 0.3) is 0 Å². The Morgan fingerprint density at radius 2 is 1.88 bits per heavy atom. The van der Waals surface area contributed by atoms with Crippen LogP contribution in [-0.4, -0.2) is 28.1 Å². The minimum atomic E-state index is -0.162. The molecular formula is C19H24N2O3. The lowest BCUT2D eigenvalue weighted by atomic mass is 10.0. The molecule has 0 radical (unpaired) electrons. The van der Waals surface area contributed by atoms with Gasteiger partial charge in [-0.05, 0) is 51.3 Å². The van der Waals surface area contributed by atoms with Crippen molar-refractivity contribution < 1.29 is 14.3 Å². The fourth-order valence-corrected chi connectivity index (χ4v) is 2.94. The van der Waals surface area contributed by atoms with Crippen LogP contribution >= 0.6 is 0 Å². The molecule has 128 valence electrons. The second-order valence-electron chi connectivity index (χ2n) is 5.85. The molecule has 0 aliphatic heterocycles. The number of hydrogen-bond donors (Lipinski definition) is 1. The maximum atomic E-state index is 12.6. The molecule has 0 aliphatic rings. The van der Waals surface area contributed by atoms with E-state index in [1.54, 1.807) is 0 Å². The maximum Gasteiger partial charge on any atom is 0.216 e. The Bertz CT molecular complexity index is 775. The van der Waals surface area contributed by atoms with Gasteiger partial charge in [-0.3, -0.25) is 14.6 Å². The second-order valence-corrected chi connectivity index (χ2v) is 5.85. The lowest BCUT2D eigenvalue weighted by molar-refractivity contribution is 0.0915. The summed E-state index contributed by atoms with van der Waals surface area (Å²) in [4.78, 5) is 31.9. The number of H-pyrrole nitrogens is 1. The number of nitrogens with zero attached hydrogens (tertiary/aromatic N) is 1. The fraction of sp³-hybridized carbons (Fsp3) is 0.421. The first-order valence-corrected chi connectivity index (χ1v) is 8.23. The number of rotatable bonds is 7. The summed E-state index contributed by atoms with van der Waals surface area (Å²) in [7, 11) is 0. The van der Waals surface area contributed by atoms with E-state index in [0.29, 0.717) is 23.4 Å². The average Bonchev–Trinajstić information content (AvgIpc) is 2.89. The number of carbonyl (C=O) groups is 2. The Labute approximate surface area is 142 Å². The van der Waals surface area contributed by atoms with E-state index in [0.717, 1.165) is 29.1 Å². The summed E-state index contributed by atoms with van der Waals surface area (Å²) in [6.45, 7) is 9.11. The van der Waals surface area contributed by atoms with Crippen molar-refractivity contribution in [3.05, 3.63) is 46.0 Å².